The Morgan fingerprint density at radius 2 is 1.92 bits per heavy atom. The standard InChI is InChI=1S/C19H17N3OS/c1-12-11-20-18-19(23)21-17(13-6-4-3-5-7-13)15-10-14(24-2)8-9-16(15)22(12)18/h3-11,19,23H,1-2H3. The minimum Gasteiger partial charge on any atom is -0.365 e. The van der Waals surface area contributed by atoms with E-state index >= 15 is 0 Å². The molecule has 0 aliphatic carbocycles. The van der Waals surface area contributed by atoms with Crippen molar-refractivity contribution in [3.8, 4) is 5.69 Å². The number of aromatic nitrogens is 2. The monoisotopic (exact) mass is 335 g/mol. The molecule has 0 saturated heterocycles. The molecule has 1 aromatic heterocycles. The van der Waals surface area contributed by atoms with E-state index in [1.54, 1.807) is 18.0 Å². The molecule has 0 saturated carbocycles. The second-order valence-corrected chi connectivity index (χ2v) is 6.57. The van der Waals surface area contributed by atoms with E-state index < -0.39 is 6.23 Å². The van der Waals surface area contributed by atoms with Crippen LogP contribution in [-0.2, 0) is 0 Å². The molecular weight excluding hydrogens is 318 g/mol. The first-order valence-corrected chi connectivity index (χ1v) is 8.96. The smallest absolute Gasteiger partial charge is 0.205 e. The van der Waals surface area contributed by atoms with E-state index in [1.807, 2.05) is 41.8 Å². The Kier molecular flexibility index (Phi) is 3.75. The van der Waals surface area contributed by atoms with Crippen LogP contribution in [0.4, 0.5) is 0 Å². The first kappa shape index (κ1) is 15.2. The Morgan fingerprint density at radius 1 is 1.12 bits per heavy atom. The molecule has 2 aromatic carbocycles. The van der Waals surface area contributed by atoms with Crippen LogP contribution in [0, 0.1) is 6.92 Å². The molecular formula is C19H17N3OS. The van der Waals surface area contributed by atoms with Crippen LogP contribution in [0.2, 0.25) is 0 Å². The van der Waals surface area contributed by atoms with E-state index in [0.717, 1.165) is 33.1 Å². The predicted molar refractivity (Wildman–Crippen MR) is 97.1 cm³/mol. The lowest BCUT2D eigenvalue weighted by atomic mass is 10.0. The molecule has 1 atom stereocenters. The van der Waals surface area contributed by atoms with Gasteiger partial charge in [0.2, 0.25) is 6.23 Å². The highest BCUT2D eigenvalue weighted by molar-refractivity contribution is 7.98. The number of aliphatic imine (C=N–C) groups is 1. The van der Waals surface area contributed by atoms with Gasteiger partial charge in [0.1, 0.15) is 0 Å². The van der Waals surface area contributed by atoms with E-state index in [2.05, 4.69) is 34.4 Å². The molecule has 0 bridgehead atoms. The third-order valence-corrected chi connectivity index (χ3v) is 4.92. The number of rotatable bonds is 2. The average Bonchev–Trinajstić information content (AvgIpc) is 2.95. The summed E-state index contributed by atoms with van der Waals surface area (Å²) < 4.78 is 1.99. The van der Waals surface area contributed by atoms with Gasteiger partial charge in [-0.1, -0.05) is 30.3 Å². The summed E-state index contributed by atoms with van der Waals surface area (Å²) in [5.41, 5.74) is 4.76. The van der Waals surface area contributed by atoms with Gasteiger partial charge in [-0.2, -0.15) is 0 Å². The number of fused-ring (bicyclic) bond motifs is 3. The van der Waals surface area contributed by atoms with Gasteiger partial charge in [0.05, 0.1) is 11.4 Å². The molecule has 1 N–H and O–H groups in total. The molecule has 0 radical (unpaired) electrons. The van der Waals surface area contributed by atoms with Crippen molar-refractivity contribution < 1.29 is 5.11 Å². The largest absolute Gasteiger partial charge is 0.365 e. The molecule has 1 aliphatic rings. The molecule has 0 spiro atoms. The maximum Gasteiger partial charge on any atom is 0.205 e. The molecule has 24 heavy (non-hydrogen) atoms. The van der Waals surface area contributed by atoms with Crippen molar-refractivity contribution in [3.63, 3.8) is 0 Å². The van der Waals surface area contributed by atoms with Gasteiger partial charge >= 0.3 is 0 Å². The highest BCUT2D eigenvalue weighted by Crippen LogP contribution is 2.32. The third-order valence-electron chi connectivity index (χ3n) is 4.19. The summed E-state index contributed by atoms with van der Waals surface area (Å²) in [6.07, 6.45) is 2.84. The second kappa shape index (κ2) is 5.92. The van der Waals surface area contributed by atoms with Gasteiger partial charge in [-0.15, -0.1) is 11.8 Å². The van der Waals surface area contributed by atoms with Crippen LogP contribution in [0.25, 0.3) is 5.69 Å². The van der Waals surface area contributed by atoms with Crippen molar-refractivity contribution in [1.29, 1.82) is 0 Å². The van der Waals surface area contributed by atoms with Crippen molar-refractivity contribution in [1.82, 2.24) is 9.55 Å². The molecule has 4 nitrogen and oxygen atoms in total. The van der Waals surface area contributed by atoms with Crippen LogP contribution in [0.3, 0.4) is 0 Å². The SMILES string of the molecule is CSc1ccc2c(c1)C(c1ccccc1)=NC(O)c1ncc(C)n1-2. The van der Waals surface area contributed by atoms with E-state index in [4.69, 9.17) is 0 Å². The minimum absolute atomic E-state index is 0.552. The number of imidazole rings is 1. The van der Waals surface area contributed by atoms with Crippen LogP contribution in [0.1, 0.15) is 28.9 Å². The number of aliphatic hydroxyl groups is 1. The van der Waals surface area contributed by atoms with E-state index in [-0.39, 0.29) is 0 Å². The van der Waals surface area contributed by atoms with E-state index in [9.17, 15) is 5.11 Å². The fourth-order valence-corrected chi connectivity index (χ4v) is 3.49. The summed E-state index contributed by atoms with van der Waals surface area (Å²) in [7, 11) is 0. The zero-order chi connectivity index (χ0) is 16.7. The molecule has 120 valence electrons. The zero-order valence-electron chi connectivity index (χ0n) is 13.5. The molecule has 0 fully saturated rings. The fourth-order valence-electron chi connectivity index (χ4n) is 3.05. The van der Waals surface area contributed by atoms with Gasteiger partial charge in [-0.25, -0.2) is 9.98 Å². The number of thioether (sulfide) groups is 1. The summed E-state index contributed by atoms with van der Waals surface area (Å²) >= 11 is 1.69. The third kappa shape index (κ3) is 2.37. The second-order valence-electron chi connectivity index (χ2n) is 5.69. The van der Waals surface area contributed by atoms with Crippen molar-refractivity contribution in [2.24, 2.45) is 4.99 Å². The summed E-state index contributed by atoms with van der Waals surface area (Å²) in [5.74, 6) is 0.552. The fraction of sp³-hybridized carbons (Fsp3) is 0.158. The lowest BCUT2D eigenvalue weighted by molar-refractivity contribution is 0.177. The first-order chi connectivity index (χ1) is 11.7. The van der Waals surface area contributed by atoms with Crippen molar-refractivity contribution >= 4 is 17.5 Å². The maximum absolute atomic E-state index is 10.6. The van der Waals surface area contributed by atoms with Gasteiger partial charge in [0.15, 0.2) is 5.82 Å². The maximum atomic E-state index is 10.6. The molecule has 2 heterocycles. The van der Waals surface area contributed by atoms with E-state index in [0.29, 0.717) is 5.82 Å². The molecule has 3 aromatic rings. The number of aliphatic hydroxyl groups excluding tert-OH is 1. The summed E-state index contributed by atoms with van der Waals surface area (Å²) in [5, 5.41) is 10.6. The highest BCUT2D eigenvalue weighted by atomic mass is 32.2. The Hall–Kier alpha value is -2.37. The lowest BCUT2D eigenvalue weighted by Crippen LogP contribution is -2.08. The van der Waals surface area contributed by atoms with Gasteiger partial charge < -0.3 is 5.11 Å². The number of nitrogens with zero attached hydrogens (tertiary/aromatic N) is 3. The minimum atomic E-state index is -0.987. The normalized spacial score (nSPS) is 16.1. The van der Waals surface area contributed by atoms with E-state index in [1.165, 1.54) is 0 Å². The number of aryl methyl sites for hydroxylation is 1. The average molecular weight is 335 g/mol. The highest BCUT2D eigenvalue weighted by Gasteiger charge is 2.25. The number of hydrogen-bond acceptors (Lipinski definition) is 4. The van der Waals surface area contributed by atoms with Crippen molar-refractivity contribution in [3.05, 3.63) is 77.4 Å². The summed E-state index contributed by atoms with van der Waals surface area (Å²) in [6, 6.07) is 16.3. The van der Waals surface area contributed by atoms with Crippen molar-refractivity contribution in [2.75, 3.05) is 6.26 Å². The van der Waals surface area contributed by atoms with Crippen LogP contribution in [0.15, 0.2) is 64.6 Å². The Morgan fingerprint density at radius 3 is 2.67 bits per heavy atom. The molecule has 1 unspecified atom stereocenters. The molecule has 1 aliphatic heterocycles. The zero-order valence-corrected chi connectivity index (χ0v) is 14.3. The van der Waals surface area contributed by atoms with Crippen LogP contribution >= 0.6 is 11.8 Å². The number of benzene rings is 2. The topological polar surface area (TPSA) is 50.4 Å². The van der Waals surface area contributed by atoms with Gasteiger partial charge in [-0.3, -0.25) is 4.57 Å². The van der Waals surface area contributed by atoms with Crippen LogP contribution < -0.4 is 0 Å². The summed E-state index contributed by atoms with van der Waals surface area (Å²) in [4.78, 5) is 10.1. The van der Waals surface area contributed by atoms with Gasteiger partial charge in [-0.05, 0) is 31.4 Å². The molecule has 5 heteroatoms. The lowest BCUT2D eigenvalue weighted by Gasteiger charge is -2.14. The quantitative estimate of drug-likeness (QED) is 0.726. The Labute approximate surface area is 144 Å². The van der Waals surface area contributed by atoms with Crippen LogP contribution in [-0.4, -0.2) is 26.6 Å². The van der Waals surface area contributed by atoms with Crippen molar-refractivity contribution in [2.45, 2.75) is 18.0 Å². The molecule has 0 amide bonds. The molecule has 4 rings (SSSR count). The Balaban J connectivity index is 2.04. The summed E-state index contributed by atoms with van der Waals surface area (Å²) in [6.45, 7) is 1.99. The predicted octanol–water partition coefficient (Wildman–Crippen LogP) is 3.74. The van der Waals surface area contributed by atoms with Gasteiger partial charge in [0.25, 0.3) is 0 Å². The first-order valence-electron chi connectivity index (χ1n) is 7.73. The van der Waals surface area contributed by atoms with Crippen LogP contribution in [0.5, 0.6) is 0 Å². The van der Waals surface area contributed by atoms with Gasteiger partial charge in [0, 0.05) is 27.9 Å². The number of hydrogen-bond donors (Lipinski definition) is 1. The Bertz CT molecular complexity index is 931.